The molecule has 1 spiro atoms. The molecule has 0 aromatic heterocycles. The molecule has 0 aliphatic carbocycles. The Kier molecular flexibility index (Phi) is 11.2. The Labute approximate surface area is 219 Å². The van der Waals surface area contributed by atoms with Crippen molar-refractivity contribution in [1.82, 2.24) is 10.2 Å². The summed E-state index contributed by atoms with van der Waals surface area (Å²) in [5.74, 6) is 0.197. The second-order valence-corrected chi connectivity index (χ2v) is 13.2. The number of nitrogens with two attached hydrogens (primary N) is 1. The average molecular weight is 530 g/mol. The van der Waals surface area contributed by atoms with Crippen LogP contribution in [-0.2, 0) is 14.4 Å². The van der Waals surface area contributed by atoms with Crippen molar-refractivity contribution in [2.45, 2.75) is 121 Å². The van der Waals surface area contributed by atoms with Gasteiger partial charge in [-0.1, -0.05) is 41.0 Å². The fourth-order valence-electron chi connectivity index (χ4n) is 5.16. The maximum absolute atomic E-state index is 13.6. The molecule has 0 aromatic rings. The predicted molar refractivity (Wildman–Crippen MR) is 141 cm³/mol. The topological polar surface area (TPSA) is 153 Å². The van der Waals surface area contributed by atoms with Gasteiger partial charge in [-0.25, -0.2) is 0 Å². The van der Waals surface area contributed by atoms with Crippen LogP contribution in [0.25, 0.3) is 0 Å². The van der Waals surface area contributed by atoms with Crippen LogP contribution in [0.4, 0.5) is 0 Å². The SMILES string of the molecule is CCCC(NC(=O)C1CC2(CN1C(=O)C(N)C(C)(C)C)SCCCC2C)C(=O)C(O)CCCC(O)O. The highest BCUT2D eigenvalue weighted by Gasteiger charge is 2.54. The first kappa shape index (κ1) is 31.0. The first-order valence-electron chi connectivity index (χ1n) is 13.3. The fourth-order valence-corrected chi connectivity index (χ4v) is 6.78. The van der Waals surface area contributed by atoms with E-state index < -0.39 is 41.7 Å². The highest BCUT2D eigenvalue weighted by molar-refractivity contribution is 8.00. The molecular weight excluding hydrogens is 482 g/mol. The molecule has 0 bridgehead atoms. The lowest BCUT2D eigenvalue weighted by atomic mass is 9.86. The second-order valence-electron chi connectivity index (χ2n) is 11.7. The third-order valence-electron chi connectivity index (χ3n) is 7.71. The maximum Gasteiger partial charge on any atom is 0.243 e. The monoisotopic (exact) mass is 529 g/mol. The smallest absolute Gasteiger partial charge is 0.243 e. The number of nitrogens with zero attached hydrogens (tertiary/aromatic N) is 1. The zero-order chi connectivity index (χ0) is 27.3. The average Bonchev–Trinajstić information content (AvgIpc) is 3.19. The van der Waals surface area contributed by atoms with Gasteiger partial charge >= 0.3 is 0 Å². The van der Waals surface area contributed by atoms with Gasteiger partial charge in [-0.2, -0.15) is 11.8 Å². The van der Waals surface area contributed by atoms with Crippen molar-refractivity contribution in [2.75, 3.05) is 12.3 Å². The Bertz CT molecular complexity index is 773. The predicted octanol–water partition coefficient (Wildman–Crippen LogP) is 1.56. The summed E-state index contributed by atoms with van der Waals surface area (Å²) in [7, 11) is 0. The Hall–Kier alpha value is -1.20. The van der Waals surface area contributed by atoms with Crippen molar-refractivity contribution in [1.29, 1.82) is 0 Å². The maximum atomic E-state index is 13.6. The van der Waals surface area contributed by atoms with Crippen molar-refractivity contribution in [3.05, 3.63) is 0 Å². The minimum absolute atomic E-state index is 0.0558. The fraction of sp³-hybridized carbons (Fsp3) is 0.885. The van der Waals surface area contributed by atoms with Gasteiger partial charge in [-0.15, -0.1) is 0 Å². The minimum atomic E-state index is -1.49. The van der Waals surface area contributed by atoms with Gasteiger partial charge in [0, 0.05) is 11.3 Å². The number of Topliss-reactive ketones (excluding diaryl/α,β-unsaturated/α-hetero) is 1. The van der Waals surface area contributed by atoms with Gasteiger partial charge < -0.3 is 31.3 Å². The summed E-state index contributed by atoms with van der Waals surface area (Å²) in [4.78, 5) is 41.8. The number of rotatable bonds is 11. The van der Waals surface area contributed by atoms with Crippen LogP contribution in [0.15, 0.2) is 0 Å². The summed E-state index contributed by atoms with van der Waals surface area (Å²) >= 11 is 1.83. The molecule has 36 heavy (non-hydrogen) atoms. The number of aliphatic hydroxyl groups is 3. The molecule has 6 atom stereocenters. The molecule has 6 unspecified atom stereocenters. The first-order chi connectivity index (χ1) is 16.7. The lowest BCUT2D eigenvalue weighted by molar-refractivity contribution is -0.142. The lowest BCUT2D eigenvalue weighted by Gasteiger charge is -2.39. The van der Waals surface area contributed by atoms with Gasteiger partial charge in [0.15, 0.2) is 12.1 Å². The second kappa shape index (κ2) is 13.0. The Morgan fingerprint density at radius 1 is 1.17 bits per heavy atom. The molecule has 2 fully saturated rings. The summed E-state index contributed by atoms with van der Waals surface area (Å²) in [5, 5.41) is 31.3. The van der Waals surface area contributed by atoms with E-state index in [1.54, 1.807) is 4.90 Å². The van der Waals surface area contributed by atoms with Crippen molar-refractivity contribution in [3.63, 3.8) is 0 Å². The van der Waals surface area contributed by atoms with E-state index in [9.17, 15) is 19.5 Å². The van der Waals surface area contributed by atoms with Crippen LogP contribution in [-0.4, -0.2) is 85.4 Å². The Morgan fingerprint density at radius 3 is 2.39 bits per heavy atom. The number of carbonyl (C=O) groups is 3. The number of nitrogens with one attached hydrogen (secondary N) is 1. The number of likely N-dealkylation sites (tertiary alicyclic amines) is 1. The summed E-state index contributed by atoms with van der Waals surface area (Å²) < 4.78 is -0.220. The van der Waals surface area contributed by atoms with Crippen molar-refractivity contribution in [2.24, 2.45) is 17.1 Å². The molecule has 2 saturated heterocycles. The van der Waals surface area contributed by atoms with E-state index in [4.69, 9.17) is 15.9 Å². The highest BCUT2D eigenvalue weighted by atomic mass is 32.2. The summed E-state index contributed by atoms with van der Waals surface area (Å²) in [6.07, 6.45) is 1.26. The molecule has 2 amide bonds. The molecule has 10 heteroatoms. The molecule has 2 aliphatic rings. The zero-order valence-electron chi connectivity index (χ0n) is 22.5. The third kappa shape index (κ3) is 7.66. The first-order valence-corrected chi connectivity index (χ1v) is 14.3. The molecule has 6 N–H and O–H groups in total. The Balaban J connectivity index is 2.23. The van der Waals surface area contributed by atoms with Crippen LogP contribution in [0.1, 0.15) is 86.0 Å². The summed E-state index contributed by atoms with van der Waals surface area (Å²) in [6, 6.07) is -2.37. The largest absolute Gasteiger partial charge is 0.385 e. The normalized spacial score (nSPS) is 27.2. The van der Waals surface area contributed by atoms with Crippen LogP contribution in [0.3, 0.4) is 0 Å². The van der Waals surface area contributed by atoms with Gasteiger partial charge in [0.05, 0.1) is 12.1 Å². The molecule has 208 valence electrons. The number of hydrogen-bond donors (Lipinski definition) is 5. The molecular formula is C26H47N3O6S. The third-order valence-corrected chi connectivity index (χ3v) is 9.48. The van der Waals surface area contributed by atoms with Gasteiger partial charge in [-0.05, 0) is 62.0 Å². The lowest BCUT2D eigenvalue weighted by Crippen LogP contribution is -2.57. The van der Waals surface area contributed by atoms with E-state index in [1.807, 2.05) is 39.5 Å². The van der Waals surface area contributed by atoms with E-state index in [0.29, 0.717) is 31.7 Å². The minimum Gasteiger partial charge on any atom is -0.385 e. The molecule has 0 saturated carbocycles. The number of ketones is 1. The van der Waals surface area contributed by atoms with E-state index in [0.717, 1.165) is 18.6 Å². The van der Waals surface area contributed by atoms with E-state index >= 15 is 0 Å². The van der Waals surface area contributed by atoms with Gasteiger partial charge in [0.25, 0.3) is 0 Å². The van der Waals surface area contributed by atoms with Crippen LogP contribution in [0.5, 0.6) is 0 Å². The molecule has 2 aliphatic heterocycles. The van der Waals surface area contributed by atoms with Gasteiger partial charge in [-0.3, -0.25) is 14.4 Å². The van der Waals surface area contributed by atoms with E-state index in [1.165, 1.54) is 0 Å². The number of aliphatic hydroxyl groups excluding tert-OH is 2. The van der Waals surface area contributed by atoms with Crippen LogP contribution in [0, 0.1) is 11.3 Å². The zero-order valence-corrected chi connectivity index (χ0v) is 23.4. The number of thioether (sulfide) groups is 1. The Morgan fingerprint density at radius 2 is 1.83 bits per heavy atom. The molecule has 0 radical (unpaired) electrons. The molecule has 0 aromatic carbocycles. The van der Waals surface area contributed by atoms with Crippen molar-refractivity contribution in [3.8, 4) is 0 Å². The van der Waals surface area contributed by atoms with Crippen molar-refractivity contribution < 1.29 is 29.7 Å². The van der Waals surface area contributed by atoms with Crippen LogP contribution >= 0.6 is 11.8 Å². The standard InChI is InChI=1S/C26H47N3O6S/c1-6-9-17(21(33)19(30)11-7-12-20(31)32)28-23(34)18-14-26(16(2)10-8-13-36-26)15-29(18)24(35)22(27)25(3,4)5/h16-20,22,30-32H,6-15,27H2,1-5H3,(H,28,34). The van der Waals surface area contributed by atoms with Crippen molar-refractivity contribution >= 4 is 29.4 Å². The molecule has 2 heterocycles. The van der Waals surface area contributed by atoms with E-state index in [-0.39, 0.29) is 35.8 Å². The number of carbonyl (C=O) groups excluding carboxylic acids is 3. The highest BCUT2D eigenvalue weighted by Crippen LogP contribution is 2.49. The number of amides is 2. The van der Waals surface area contributed by atoms with Crippen LogP contribution < -0.4 is 11.1 Å². The van der Waals surface area contributed by atoms with Gasteiger partial charge in [0.1, 0.15) is 12.1 Å². The molecule has 2 rings (SSSR count). The van der Waals surface area contributed by atoms with E-state index in [2.05, 4.69) is 12.2 Å². The number of hydrogen-bond acceptors (Lipinski definition) is 8. The molecule has 9 nitrogen and oxygen atoms in total. The van der Waals surface area contributed by atoms with Crippen LogP contribution in [0.2, 0.25) is 0 Å². The van der Waals surface area contributed by atoms with Gasteiger partial charge in [0.2, 0.25) is 11.8 Å². The quantitative estimate of drug-likeness (QED) is 0.253. The summed E-state index contributed by atoms with van der Waals surface area (Å²) in [6.45, 7) is 10.2. The summed E-state index contributed by atoms with van der Waals surface area (Å²) in [5.41, 5.74) is 5.88.